The van der Waals surface area contributed by atoms with E-state index in [0.717, 1.165) is 5.56 Å². The van der Waals surface area contributed by atoms with E-state index < -0.39 is 48.9 Å². The molecule has 3 amide bonds. The number of benzene rings is 1. The highest BCUT2D eigenvalue weighted by Gasteiger charge is 2.24. The number of nitrogens with two attached hydrogens (primary N) is 3. The van der Waals surface area contributed by atoms with Crippen molar-refractivity contribution in [3.05, 3.63) is 35.9 Å². The van der Waals surface area contributed by atoms with Crippen LogP contribution in [0.4, 0.5) is 0 Å². The van der Waals surface area contributed by atoms with Crippen LogP contribution < -0.4 is 33.2 Å². The van der Waals surface area contributed by atoms with E-state index in [1.165, 1.54) is 0 Å². The summed E-state index contributed by atoms with van der Waals surface area (Å²) in [5.74, 6) is -3.12. The number of nitrogens with zero attached hydrogens (tertiary/aromatic N) is 1. The van der Waals surface area contributed by atoms with Crippen molar-refractivity contribution in [2.45, 2.75) is 31.3 Å². The second kappa shape index (κ2) is 13.5. The fourth-order valence-electron chi connectivity index (χ4n) is 2.54. The van der Waals surface area contributed by atoms with Crippen LogP contribution in [-0.4, -0.2) is 66.5 Å². The van der Waals surface area contributed by atoms with E-state index in [1.807, 2.05) is 30.3 Å². The zero-order chi connectivity index (χ0) is 23.2. The first-order valence-electron chi connectivity index (χ1n) is 9.60. The predicted octanol–water partition coefficient (Wildman–Crippen LogP) is -2.59. The number of carboxylic acids is 1. The molecule has 12 nitrogen and oxygen atoms in total. The van der Waals surface area contributed by atoms with Gasteiger partial charge in [0.25, 0.3) is 0 Å². The van der Waals surface area contributed by atoms with E-state index in [1.54, 1.807) is 0 Å². The van der Waals surface area contributed by atoms with Gasteiger partial charge in [-0.15, -0.1) is 0 Å². The van der Waals surface area contributed by atoms with E-state index in [2.05, 4.69) is 20.9 Å². The fraction of sp³-hybridized carbons (Fsp3) is 0.421. The van der Waals surface area contributed by atoms with Gasteiger partial charge < -0.3 is 38.3 Å². The highest BCUT2D eigenvalue weighted by atomic mass is 16.4. The molecule has 2 unspecified atom stereocenters. The molecule has 0 heterocycles. The van der Waals surface area contributed by atoms with Crippen molar-refractivity contribution in [3.63, 3.8) is 0 Å². The molecule has 0 aromatic heterocycles. The Balaban J connectivity index is 2.67. The van der Waals surface area contributed by atoms with E-state index >= 15 is 0 Å². The average molecular weight is 435 g/mol. The standard InChI is InChI=1S/C19H29N7O5/c20-13(9-12-5-2-1-3-6-12)17(30)26-14(7-4-8-23-19(21)22)18(31)25-10-15(27)24-11-16(28)29/h1-3,5-6,13-14H,4,7-11,20H2,(H,24,27)(H,25,31)(H,26,30)(H,28,29)(H4,21,22,23). The van der Waals surface area contributed by atoms with Gasteiger partial charge >= 0.3 is 5.97 Å². The van der Waals surface area contributed by atoms with Crippen LogP contribution >= 0.6 is 0 Å². The molecule has 0 bridgehead atoms. The zero-order valence-corrected chi connectivity index (χ0v) is 17.0. The maximum atomic E-state index is 12.5. The fourth-order valence-corrected chi connectivity index (χ4v) is 2.54. The lowest BCUT2D eigenvalue weighted by Crippen LogP contribution is -2.53. The van der Waals surface area contributed by atoms with Crippen LogP contribution in [0.2, 0.25) is 0 Å². The third kappa shape index (κ3) is 11.2. The maximum Gasteiger partial charge on any atom is 0.322 e. The molecular formula is C19H29N7O5. The van der Waals surface area contributed by atoms with Gasteiger partial charge in [-0.3, -0.25) is 24.2 Å². The lowest BCUT2D eigenvalue weighted by atomic mass is 10.0. The van der Waals surface area contributed by atoms with Gasteiger partial charge in [-0.25, -0.2) is 0 Å². The lowest BCUT2D eigenvalue weighted by Gasteiger charge is -2.20. The molecule has 1 aromatic carbocycles. The van der Waals surface area contributed by atoms with Gasteiger partial charge in [0.05, 0.1) is 12.6 Å². The number of guanidine groups is 1. The topological polar surface area (TPSA) is 215 Å². The van der Waals surface area contributed by atoms with Crippen molar-refractivity contribution >= 4 is 29.7 Å². The molecule has 0 fully saturated rings. The second-order valence-electron chi connectivity index (χ2n) is 6.69. The molecule has 10 N–H and O–H groups in total. The Morgan fingerprint density at radius 1 is 1.00 bits per heavy atom. The number of aliphatic imine (C=N–C) groups is 1. The van der Waals surface area contributed by atoms with Gasteiger partial charge in [0.15, 0.2) is 5.96 Å². The first-order chi connectivity index (χ1) is 14.7. The Labute approximate surface area is 179 Å². The molecule has 0 saturated heterocycles. The zero-order valence-electron chi connectivity index (χ0n) is 17.0. The molecule has 1 rings (SSSR count). The van der Waals surface area contributed by atoms with E-state index in [0.29, 0.717) is 6.42 Å². The van der Waals surface area contributed by atoms with Crippen LogP contribution in [0.25, 0.3) is 0 Å². The van der Waals surface area contributed by atoms with Crippen LogP contribution in [0.1, 0.15) is 18.4 Å². The molecular weight excluding hydrogens is 406 g/mol. The number of rotatable bonds is 13. The monoisotopic (exact) mass is 435 g/mol. The van der Waals surface area contributed by atoms with Crippen LogP contribution in [0.3, 0.4) is 0 Å². The minimum Gasteiger partial charge on any atom is -0.480 e. The third-order valence-corrected chi connectivity index (χ3v) is 4.07. The Morgan fingerprint density at radius 2 is 1.68 bits per heavy atom. The summed E-state index contributed by atoms with van der Waals surface area (Å²) in [4.78, 5) is 50.9. The summed E-state index contributed by atoms with van der Waals surface area (Å²) < 4.78 is 0. The minimum atomic E-state index is -1.21. The van der Waals surface area contributed by atoms with Gasteiger partial charge in [0.1, 0.15) is 12.6 Å². The van der Waals surface area contributed by atoms with Crippen LogP contribution in [0.5, 0.6) is 0 Å². The van der Waals surface area contributed by atoms with Gasteiger partial charge in [-0.05, 0) is 24.8 Å². The SMILES string of the molecule is NC(N)=NCCCC(NC(=O)C(N)Cc1ccccc1)C(=O)NCC(=O)NCC(=O)O. The van der Waals surface area contributed by atoms with Gasteiger partial charge in [-0.1, -0.05) is 30.3 Å². The number of hydrogen-bond donors (Lipinski definition) is 7. The van der Waals surface area contributed by atoms with Crippen molar-refractivity contribution in [1.29, 1.82) is 0 Å². The Kier molecular flexibility index (Phi) is 11.1. The summed E-state index contributed by atoms with van der Waals surface area (Å²) in [6, 6.07) is 7.32. The summed E-state index contributed by atoms with van der Waals surface area (Å²) in [6.07, 6.45) is 0.866. The molecule has 2 atom stereocenters. The molecule has 31 heavy (non-hydrogen) atoms. The summed E-state index contributed by atoms with van der Waals surface area (Å²) in [7, 11) is 0. The van der Waals surface area contributed by atoms with Crippen molar-refractivity contribution < 1.29 is 24.3 Å². The summed E-state index contributed by atoms with van der Waals surface area (Å²) in [5, 5.41) is 15.6. The second-order valence-corrected chi connectivity index (χ2v) is 6.69. The smallest absolute Gasteiger partial charge is 0.322 e. The van der Waals surface area contributed by atoms with E-state index in [4.69, 9.17) is 22.3 Å². The number of carbonyl (C=O) groups excluding carboxylic acids is 3. The van der Waals surface area contributed by atoms with Gasteiger partial charge in [0, 0.05) is 6.54 Å². The number of aliphatic carboxylic acids is 1. The van der Waals surface area contributed by atoms with E-state index in [-0.39, 0.29) is 25.3 Å². The highest BCUT2D eigenvalue weighted by Crippen LogP contribution is 2.04. The van der Waals surface area contributed by atoms with Crippen LogP contribution in [-0.2, 0) is 25.6 Å². The van der Waals surface area contributed by atoms with Crippen molar-refractivity contribution in [2.24, 2.45) is 22.2 Å². The highest BCUT2D eigenvalue weighted by molar-refractivity contribution is 5.92. The number of carbonyl (C=O) groups is 4. The largest absolute Gasteiger partial charge is 0.480 e. The minimum absolute atomic E-state index is 0.0926. The van der Waals surface area contributed by atoms with Crippen molar-refractivity contribution in [1.82, 2.24) is 16.0 Å². The number of hydrogen-bond acceptors (Lipinski definition) is 6. The lowest BCUT2D eigenvalue weighted by molar-refractivity contribution is -0.138. The molecule has 0 aliphatic carbocycles. The quantitative estimate of drug-likeness (QED) is 0.0988. The van der Waals surface area contributed by atoms with E-state index in [9.17, 15) is 19.2 Å². The van der Waals surface area contributed by atoms with Crippen molar-refractivity contribution in [3.8, 4) is 0 Å². The van der Waals surface area contributed by atoms with Gasteiger partial charge in [-0.2, -0.15) is 0 Å². The summed E-state index contributed by atoms with van der Waals surface area (Å²) >= 11 is 0. The molecule has 0 saturated carbocycles. The summed E-state index contributed by atoms with van der Waals surface area (Å²) in [5.41, 5.74) is 17.4. The Bertz CT molecular complexity index is 781. The first-order valence-corrected chi connectivity index (χ1v) is 9.60. The third-order valence-electron chi connectivity index (χ3n) is 4.07. The molecule has 0 spiro atoms. The number of nitrogens with one attached hydrogen (secondary N) is 3. The predicted molar refractivity (Wildman–Crippen MR) is 114 cm³/mol. The number of amides is 3. The van der Waals surface area contributed by atoms with Crippen LogP contribution in [0.15, 0.2) is 35.3 Å². The molecule has 170 valence electrons. The molecule has 0 aliphatic rings. The van der Waals surface area contributed by atoms with Crippen LogP contribution in [0, 0.1) is 0 Å². The molecule has 0 aliphatic heterocycles. The maximum absolute atomic E-state index is 12.5. The average Bonchev–Trinajstić information content (AvgIpc) is 2.72. The molecule has 1 aromatic rings. The summed E-state index contributed by atoms with van der Waals surface area (Å²) in [6.45, 7) is -0.763. The first kappa shape index (κ1) is 25.4. The van der Waals surface area contributed by atoms with Crippen molar-refractivity contribution in [2.75, 3.05) is 19.6 Å². The molecule has 0 radical (unpaired) electrons. The van der Waals surface area contributed by atoms with Gasteiger partial charge in [0.2, 0.25) is 17.7 Å². The number of carboxylic acid groups (broad SMARTS) is 1. The Morgan fingerprint density at radius 3 is 2.29 bits per heavy atom. The molecule has 12 heteroatoms. The normalized spacial score (nSPS) is 12.2. The Hall–Kier alpha value is -3.67.